The van der Waals surface area contributed by atoms with Gasteiger partial charge in [0.15, 0.2) is 11.5 Å². The summed E-state index contributed by atoms with van der Waals surface area (Å²) < 4.78 is 28.6. The molecule has 1 fully saturated rings. The number of anilines is 1. The van der Waals surface area contributed by atoms with Crippen LogP contribution in [0.2, 0.25) is 0 Å². The highest BCUT2D eigenvalue weighted by Gasteiger charge is 2.32. The lowest BCUT2D eigenvalue weighted by atomic mass is 10.2. The fourth-order valence-corrected chi connectivity index (χ4v) is 2.75. The number of nitrogens with one attached hydrogen (secondary N) is 1. The zero-order chi connectivity index (χ0) is 19.4. The molecule has 0 aromatic heterocycles. The van der Waals surface area contributed by atoms with Crippen LogP contribution in [0.5, 0.6) is 11.5 Å². The number of rotatable bonds is 6. The fourth-order valence-electron chi connectivity index (χ4n) is 2.75. The molecule has 1 saturated heterocycles. The Morgan fingerprint density at radius 3 is 2.56 bits per heavy atom. The molecule has 0 radical (unpaired) electrons. The maximum absolute atomic E-state index is 13.0. The van der Waals surface area contributed by atoms with Crippen molar-refractivity contribution in [3.05, 3.63) is 53.8 Å². The van der Waals surface area contributed by atoms with Crippen molar-refractivity contribution in [3.63, 3.8) is 0 Å². The van der Waals surface area contributed by atoms with Crippen LogP contribution < -0.4 is 19.7 Å². The van der Waals surface area contributed by atoms with E-state index in [2.05, 4.69) is 5.32 Å². The Morgan fingerprint density at radius 1 is 1.19 bits per heavy atom. The Hall–Kier alpha value is -3.29. The predicted octanol–water partition coefficient (Wildman–Crippen LogP) is 2.60. The summed E-state index contributed by atoms with van der Waals surface area (Å²) in [5.41, 5.74) is 0.933. The van der Waals surface area contributed by atoms with Gasteiger partial charge in [0.1, 0.15) is 11.9 Å². The van der Waals surface area contributed by atoms with Crippen molar-refractivity contribution in [2.75, 3.05) is 32.2 Å². The molecule has 0 spiro atoms. The van der Waals surface area contributed by atoms with E-state index < -0.39 is 12.2 Å². The second-order valence-electron chi connectivity index (χ2n) is 5.87. The van der Waals surface area contributed by atoms with Gasteiger partial charge in [0.25, 0.3) is 5.91 Å². The molecule has 1 unspecified atom stereocenters. The zero-order valence-electron chi connectivity index (χ0n) is 14.9. The van der Waals surface area contributed by atoms with Crippen molar-refractivity contribution < 1.29 is 28.2 Å². The first-order valence-corrected chi connectivity index (χ1v) is 8.25. The Bertz CT molecular complexity index is 840. The number of benzene rings is 2. The normalized spacial score (nSPS) is 16.0. The maximum Gasteiger partial charge on any atom is 0.414 e. The lowest BCUT2D eigenvalue weighted by molar-refractivity contribution is 0.0915. The molecular weight excluding hydrogens is 355 g/mol. The molecule has 0 saturated carbocycles. The van der Waals surface area contributed by atoms with Crippen LogP contribution in [-0.2, 0) is 4.74 Å². The van der Waals surface area contributed by atoms with Gasteiger partial charge in [-0.05, 0) is 42.5 Å². The van der Waals surface area contributed by atoms with Gasteiger partial charge in [-0.15, -0.1) is 0 Å². The first-order chi connectivity index (χ1) is 13.0. The molecule has 2 aromatic rings. The van der Waals surface area contributed by atoms with Crippen molar-refractivity contribution in [1.29, 1.82) is 0 Å². The fraction of sp³-hybridized carbons (Fsp3) is 0.263. The van der Waals surface area contributed by atoms with Crippen LogP contribution in [0.15, 0.2) is 42.5 Å². The second kappa shape index (κ2) is 7.94. The van der Waals surface area contributed by atoms with Crippen molar-refractivity contribution in [3.8, 4) is 11.5 Å². The Kier molecular flexibility index (Phi) is 5.44. The van der Waals surface area contributed by atoms with Gasteiger partial charge in [0.05, 0.1) is 27.3 Å². The lowest BCUT2D eigenvalue weighted by Gasteiger charge is -2.13. The number of amides is 2. The Labute approximate surface area is 155 Å². The summed E-state index contributed by atoms with van der Waals surface area (Å²) in [4.78, 5) is 25.7. The molecule has 1 aliphatic heterocycles. The molecular formula is C19H19FN2O5. The summed E-state index contributed by atoms with van der Waals surface area (Å²) in [6.45, 7) is 0.410. The average molecular weight is 374 g/mol. The van der Waals surface area contributed by atoms with Gasteiger partial charge in [0.2, 0.25) is 0 Å². The number of carbonyl (C=O) groups is 2. The first-order valence-electron chi connectivity index (χ1n) is 8.25. The van der Waals surface area contributed by atoms with E-state index in [-0.39, 0.29) is 24.8 Å². The third-order valence-corrected chi connectivity index (χ3v) is 4.15. The molecule has 8 heteroatoms. The van der Waals surface area contributed by atoms with E-state index in [4.69, 9.17) is 14.2 Å². The van der Waals surface area contributed by atoms with Crippen LogP contribution in [0.1, 0.15) is 10.4 Å². The Balaban J connectivity index is 1.59. The predicted molar refractivity (Wildman–Crippen MR) is 95.9 cm³/mol. The van der Waals surface area contributed by atoms with Crippen LogP contribution in [0.4, 0.5) is 14.9 Å². The van der Waals surface area contributed by atoms with E-state index in [0.717, 1.165) is 0 Å². The average Bonchev–Trinajstić information content (AvgIpc) is 3.06. The molecule has 3 rings (SSSR count). The third kappa shape index (κ3) is 4.11. The molecule has 27 heavy (non-hydrogen) atoms. The highest BCUT2D eigenvalue weighted by Crippen LogP contribution is 2.27. The summed E-state index contributed by atoms with van der Waals surface area (Å²) in [6.07, 6.45) is -1.04. The van der Waals surface area contributed by atoms with Gasteiger partial charge in [-0.25, -0.2) is 9.18 Å². The Morgan fingerprint density at radius 2 is 1.89 bits per heavy atom. The van der Waals surface area contributed by atoms with E-state index in [1.807, 2.05) is 0 Å². The monoisotopic (exact) mass is 374 g/mol. The molecule has 0 bridgehead atoms. The molecule has 2 aromatic carbocycles. The molecule has 142 valence electrons. The second-order valence-corrected chi connectivity index (χ2v) is 5.87. The van der Waals surface area contributed by atoms with Crippen molar-refractivity contribution >= 4 is 17.7 Å². The van der Waals surface area contributed by atoms with Gasteiger partial charge >= 0.3 is 6.09 Å². The van der Waals surface area contributed by atoms with Gasteiger partial charge in [-0.1, -0.05) is 0 Å². The van der Waals surface area contributed by atoms with E-state index >= 15 is 0 Å². The van der Waals surface area contributed by atoms with E-state index in [9.17, 15) is 14.0 Å². The summed E-state index contributed by atoms with van der Waals surface area (Å²) in [5, 5.41) is 2.73. The summed E-state index contributed by atoms with van der Waals surface area (Å²) in [5.74, 6) is 0.255. The minimum absolute atomic E-state index is 0.149. The van der Waals surface area contributed by atoms with Crippen LogP contribution in [-0.4, -0.2) is 45.4 Å². The molecule has 7 nitrogen and oxygen atoms in total. The molecule has 2 amide bonds. The summed E-state index contributed by atoms with van der Waals surface area (Å²) in [6, 6.07) is 10.4. The van der Waals surface area contributed by atoms with E-state index in [1.165, 1.54) is 43.4 Å². The highest BCUT2D eigenvalue weighted by atomic mass is 19.1. The first kappa shape index (κ1) is 18.5. The van der Waals surface area contributed by atoms with Gasteiger partial charge < -0.3 is 19.5 Å². The summed E-state index contributed by atoms with van der Waals surface area (Å²) >= 11 is 0. The third-order valence-electron chi connectivity index (χ3n) is 4.15. The van der Waals surface area contributed by atoms with Gasteiger partial charge in [-0.3, -0.25) is 9.69 Å². The molecule has 0 aliphatic carbocycles. The molecule has 1 atom stereocenters. The van der Waals surface area contributed by atoms with Crippen LogP contribution in [0, 0.1) is 5.82 Å². The largest absolute Gasteiger partial charge is 0.493 e. The maximum atomic E-state index is 13.0. The van der Waals surface area contributed by atoms with Gasteiger partial charge in [0, 0.05) is 11.3 Å². The minimum Gasteiger partial charge on any atom is -0.493 e. The number of halogens is 1. The van der Waals surface area contributed by atoms with Crippen LogP contribution >= 0.6 is 0 Å². The topological polar surface area (TPSA) is 77.1 Å². The minimum atomic E-state index is -0.535. The van der Waals surface area contributed by atoms with Gasteiger partial charge in [-0.2, -0.15) is 0 Å². The number of cyclic esters (lactones) is 1. The number of ether oxygens (including phenoxy) is 3. The molecule has 1 heterocycles. The van der Waals surface area contributed by atoms with E-state index in [0.29, 0.717) is 22.7 Å². The van der Waals surface area contributed by atoms with Crippen molar-refractivity contribution in [2.24, 2.45) is 0 Å². The SMILES string of the molecule is COc1ccc(C(=O)NCC2CN(c3ccc(F)cc3)C(=O)O2)cc1OC. The quantitative estimate of drug-likeness (QED) is 0.841. The van der Waals surface area contributed by atoms with Crippen molar-refractivity contribution in [1.82, 2.24) is 5.32 Å². The molecule has 1 N–H and O–H groups in total. The number of hydrogen-bond donors (Lipinski definition) is 1. The van der Waals surface area contributed by atoms with Crippen LogP contribution in [0.25, 0.3) is 0 Å². The highest BCUT2D eigenvalue weighted by molar-refractivity contribution is 5.95. The van der Waals surface area contributed by atoms with Crippen LogP contribution in [0.3, 0.4) is 0 Å². The number of hydrogen-bond acceptors (Lipinski definition) is 5. The van der Waals surface area contributed by atoms with Crippen molar-refractivity contribution in [2.45, 2.75) is 6.10 Å². The number of nitrogens with zero attached hydrogens (tertiary/aromatic N) is 1. The standard InChI is InChI=1S/C19H19FN2O5/c1-25-16-8-3-12(9-17(16)26-2)18(23)21-10-15-11-22(19(24)27-15)14-6-4-13(20)5-7-14/h3-9,15H,10-11H2,1-2H3,(H,21,23). The van der Waals surface area contributed by atoms with E-state index in [1.54, 1.807) is 18.2 Å². The number of carbonyl (C=O) groups excluding carboxylic acids is 2. The molecule has 1 aliphatic rings. The zero-order valence-corrected chi connectivity index (χ0v) is 14.9. The number of methoxy groups -OCH3 is 2. The summed E-state index contributed by atoms with van der Waals surface area (Å²) in [7, 11) is 3.00. The smallest absolute Gasteiger partial charge is 0.414 e. The lowest BCUT2D eigenvalue weighted by Crippen LogP contribution is -2.34.